The molecule has 0 spiro atoms. The Hall–Kier alpha value is -0.570. The fourth-order valence-corrected chi connectivity index (χ4v) is 1.36. The van der Waals surface area contributed by atoms with E-state index in [4.69, 9.17) is 5.73 Å². The van der Waals surface area contributed by atoms with Gasteiger partial charge in [0.05, 0.1) is 6.54 Å². The molecule has 0 aromatic rings. The van der Waals surface area contributed by atoms with Crippen LogP contribution >= 0.6 is 0 Å². The Labute approximate surface area is 74.7 Å². The van der Waals surface area contributed by atoms with Gasteiger partial charge in [0.1, 0.15) is 0 Å². The summed E-state index contributed by atoms with van der Waals surface area (Å²) in [6, 6.07) is 0. The van der Waals surface area contributed by atoms with E-state index in [1.807, 2.05) is 0 Å². The summed E-state index contributed by atoms with van der Waals surface area (Å²) >= 11 is 0. The van der Waals surface area contributed by atoms with Crippen LogP contribution in [0, 0.1) is 0 Å². The molecular formula is C9H20N2O. The molecule has 0 unspecified atom stereocenters. The van der Waals surface area contributed by atoms with Crippen LogP contribution < -0.4 is 11.1 Å². The number of nitrogens with one attached hydrogen (secondary N) is 1. The Morgan fingerprint density at radius 1 is 1.25 bits per heavy atom. The molecule has 72 valence electrons. The first-order chi connectivity index (χ1) is 5.64. The average molecular weight is 172 g/mol. The summed E-state index contributed by atoms with van der Waals surface area (Å²) < 4.78 is 0. The predicted molar refractivity (Wildman–Crippen MR) is 50.8 cm³/mol. The second-order valence-corrected chi connectivity index (χ2v) is 3.09. The molecule has 1 amide bonds. The molecule has 3 N–H and O–H groups in total. The lowest BCUT2D eigenvalue weighted by Crippen LogP contribution is -2.49. The van der Waals surface area contributed by atoms with Crippen molar-refractivity contribution in [2.75, 3.05) is 6.54 Å². The molecule has 0 aromatic carbocycles. The summed E-state index contributed by atoms with van der Waals surface area (Å²) in [5.74, 6) is -0.0550. The highest BCUT2D eigenvalue weighted by atomic mass is 16.1. The molecule has 0 fully saturated rings. The molecule has 0 atom stereocenters. The highest BCUT2D eigenvalue weighted by Crippen LogP contribution is 2.18. The Balaban J connectivity index is 4.19. The second-order valence-electron chi connectivity index (χ2n) is 3.09. The summed E-state index contributed by atoms with van der Waals surface area (Å²) in [5.41, 5.74) is 5.20. The molecule has 0 radical (unpaired) electrons. The van der Waals surface area contributed by atoms with Crippen LogP contribution in [0.5, 0.6) is 0 Å². The van der Waals surface area contributed by atoms with E-state index in [1.165, 1.54) is 0 Å². The van der Waals surface area contributed by atoms with Gasteiger partial charge in [-0.2, -0.15) is 0 Å². The van der Waals surface area contributed by atoms with Gasteiger partial charge in [-0.15, -0.1) is 0 Å². The van der Waals surface area contributed by atoms with Crippen LogP contribution in [-0.2, 0) is 4.79 Å². The van der Waals surface area contributed by atoms with Gasteiger partial charge in [0.2, 0.25) is 5.91 Å². The number of hydrogen-bond donors (Lipinski definition) is 2. The van der Waals surface area contributed by atoms with Gasteiger partial charge in [-0.3, -0.25) is 4.79 Å². The standard InChI is InChI=1S/C9H20N2O/c1-4-9(5-2,6-3)11-8(12)7-10/h4-7,10H2,1-3H3,(H,11,12). The van der Waals surface area contributed by atoms with Crippen LogP contribution in [0.15, 0.2) is 0 Å². The third kappa shape index (κ3) is 2.81. The summed E-state index contributed by atoms with van der Waals surface area (Å²) in [7, 11) is 0. The lowest BCUT2D eigenvalue weighted by atomic mass is 9.90. The van der Waals surface area contributed by atoms with E-state index in [1.54, 1.807) is 0 Å². The number of carbonyl (C=O) groups excluding carboxylic acids is 1. The quantitative estimate of drug-likeness (QED) is 0.650. The molecule has 0 aliphatic heterocycles. The lowest BCUT2D eigenvalue weighted by Gasteiger charge is -2.31. The monoisotopic (exact) mass is 172 g/mol. The van der Waals surface area contributed by atoms with E-state index in [0.717, 1.165) is 19.3 Å². The molecule has 0 bridgehead atoms. The normalized spacial score (nSPS) is 11.3. The molecule has 0 aliphatic rings. The van der Waals surface area contributed by atoms with Crippen LogP contribution in [-0.4, -0.2) is 18.0 Å². The van der Waals surface area contributed by atoms with Crippen molar-refractivity contribution in [2.24, 2.45) is 5.73 Å². The van der Waals surface area contributed by atoms with Crippen molar-refractivity contribution >= 4 is 5.91 Å². The number of carbonyl (C=O) groups is 1. The van der Waals surface area contributed by atoms with Gasteiger partial charge in [-0.1, -0.05) is 20.8 Å². The molecular weight excluding hydrogens is 152 g/mol. The smallest absolute Gasteiger partial charge is 0.234 e. The molecule has 0 rings (SSSR count). The van der Waals surface area contributed by atoms with Gasteiger partial charge in [0, 0.05) is 5.54 Å². The van der Waals surface area contributed by atoms with E-state index in [-0.39, 0.29) is 18.0 Å². The SMILES string of the molecule is CCC(CC)(CC)NC(=O)CN. The van der Waals surface area contributed by atoms with Gasteiger partial charge in [0.25, 0.3) is 0 Å². The highest BCUT2D eigenvalue weighted by Gasteiger charge is 2.24. The summed E-state index contributed by atoms with van der Waals surface area (Å²) in [6.07, 6.45) is 2.89. The zero-order valence-electron chi connectivity index (χ0n) is 8.31. The third-order valence-corrected chi connectivity index (χ3v) is 2.62. The van der Waals surface area contributed by atoms with Crippen LogP contribution in [0.25, 0.3) is 0 Å². The maximum Gasteiger partial charge on any atom is 0.234 e. The largest absolute Gasteiger partial charge is 0.350 e. The zero-order valence-corrected chi connectivity index (χ0v) is 8.31. The van der Waals surface area contributed by atoms with Gasteiger partial charge in [0.15, 0.2) is 0 Å². The van der Waals surface area contributed by atoms with Crippen molar-refractivity contribution in [1.29, 1.82) is 0 Å². The maximum absolute atomic E-state index is 11.1. The van der Waals surface area contributed by atoms with Gasteiger partial charge in [-0.05, 0) is 19.3 Å². The van der Waals surface area contributed by atoms with Crippen molar-refractivity contribution in [3.63, 3.8) is 0 Å². The number of rotatable bonds is 5. The molecule has 0 heterocycles. The van der Waals surface area contributed by atoms with E-state index < -0.39 is 0 Å². The zero-order chi connectivity index (χ0) is 9.61. The average Bonchev–Trinajstić information content (AvgIpc) is 2.14. The number of hydrogen-bond acceptors (Lipinski definition) is 2. The highest BCUT2D eigenvalue weighted by molar-refractivity contribution is 5.78. The Morgan fingerprint density at radius 3 is 1.92 bits per heavy atom. The lowest BCUT2D eigenvalue weighted by molar-refractivity contribution is -0.121. The van der Waals surface area contributed by atoms with Crippen molar-refractivity contribution in [3.05, 3.63) is 0 Å². The summed E-state index contributed by atoms with van der Waals surface area (Å²) in [6.45, 7) is 6.35. The summed E-state index contributed by atoms with van der Waals surface area (Å²) in [5, 5.41) is 2.97. The molecule has 12 heavy (non-hydrogen) atoms. The van der Waals surface area contributed by atoms with Crippen molar-refractivity contribution in [3.8, 4) is 0 Å². The van der Waals surface area contributed by atoms with E-state index >= 15 is 0 Å². The van der Waals surface area contributed by atoms with Crippen molar-refractivity contribution in [1.82, 2.24) is 5.32 Å². The van der Waals surface area contributed by atoms with E-state index in [9.17, 15) is 4.79 Å². The third-order valence-electron chi connectivity index (χ3n) is 2.62. The molecule has 0 aromatic heterocycles. The predicted octanol–water partition coefficient (Wildman–Crippen LogP) is 1.03. The van der Waals surface area contributed by atoms with E-state index in [2.05, 4.69) is 26.1 Å². The molecule has 0 saturated heterocycles. The number of nitrogens with two attached hydrogens (primary N) is 1. The molecule has 0 aliphatic carbocycles. The Morgan fingerprint density at radius 2 is 1.67 bits per heavy atom. The number of amides is 1. The van der Waals surface area contributed by atoms with Gasteiger partial charge in [-0.25, -0.2) is 0 Å². The van der Waals surface area contributed by atoms with Crippen LogP contribution in [0.2, 0.25) is 0 Å². The van der Waals surface area contributed by atoms with E-state index in [0.29, 0.717) is 0 Å². The van der Waals surface area contributed by atoms with Crippen molar-refractivity contribution < 1.29 is 4.79 Å². The fourth-order valence-electron chi connectivity index (χ4n) is 1.36. The Bertz CT molecular complexity index is 133. The molecule has 3 heteroatoms. The van der Waals surface area contributed by atoms with Crippen LogP contribution in [0.3, 0.4) is 0 Å². The first kappa shape index (κ1) is 11.4. The minimum absolute atomic E-state index is 0.0313. The summed E-state index contributed by atoms with van der Waals surface area (Å²) in [4.78, 5) is 11.1. The first-order valence-corrected chi connectivity index (χ1v) is 4.65. The topological polar surface area (TPSA) is 55.1 Å². The minimum Gasteiger partial charge on any atom is -0.350 e. The first-order valence-electron chi connectivity index (χ1n) is 4.65. The fraction of sp³-hybridized carbons (Fsp3) is 0.889. The van der Waals surface area contributed by atoms with Gasteiger partial charge >= 0.3 is 0 Å². The van der Waals surface area contributed by atoms with Crippen LogP contribution in [0.1, 0.15) is 40.0 Å². The van der Waals surface area contributed by atoms with Crippen LogP contribution in [0.4, 0.5) is 0 Å². The molecule has 3 nitrogen and oxygen atoms in total. The van der Waals surface area contributed by atoms with Gasteiger partial charge < -0.3 is 11.1 Å². The Kier molecular flexibility index (Phi) is 4.90. The van der Waals surface area contributed by atoms with Crippen molar-refractivity contribution in [2.45, 2.75) is 45.6 Å². The molecule has 0 saturated carbocycles. The second kappa shape index (κ2) is 5.14. The minimum atomic E-state index is -0.0550. The maximum atomic E-state index is 11.1.